The Morgan fingerprint density at radius 2 is 1.86 bits per heavy atom. The summed E-state index contributed by atoms with van der Waals surface area (Å²) in [5, 5.41) is 0. The van der Waals surface area contributed by atoms with E-state index in [2.05, 4.69) is 19.9 Å². The van der Waals surface area contributed by atoms with Crippen LogP contribution >= 0.6 is 0 Å². The number of carbonyl (C=O) groups is 1. The van der Waals surface area contributed by atoms with Gasteiger partial charge in [0.05, 0.1) is 12.7 Å². The van der Waals surface area contributed by atoms with Crippen LogP contribution in [0, 0.1) is 34.5 Å². The van der Waals surface area contributed by atoms with Gasteiger partial charge >= 0.3 is 0 Å². The number of Topliss-reactive ketones (excluding diaryl/α,β-unsaturated/α-hetero) is 1. The first-order chi connectivity index (χ1) is 13.5. The summed E-state index contributed by atoms with van der Waals surface area (Å²) >= 11 is 0. The van der Waals surface area contributed by atoms with Crippen molar-refractivity contribution in [3.63, 3.8) is 0 Å². The summed E-state index contributed by atoms with van der Waals surface area (Å²) in [6.45, 7) is 7.57. The van der Waals surface area contributed by atoms with E-state index in [1.54, 1.807) is 5.57 Å². The lowest BCUT2D eigenvalue weighted by Crippen LogP contribution is -2.57. The topological polar surface area (TPSA) is 35.5 Å². The number of ketones is 1. The zero-order valence-corrected chi connectivity index (χ0v) is 17.9. The predicted molar refractivity (Wildman–Crippen MR) is 110 cm³/mol. The molecule has 156 valence electrons. The zero-order chi connectivity index (χ0) is 19.4. The van der Waals surface area contributed by atoms with Gasteiger partial charge in [0.15, 0.2) is 0 Å². The third kappa shape index (κ3) is 3.03. The van der Waals surface area contributed by atoms with Gasteiger partial charge in [-0.2, -0.15) is 0 Å². The third-order valence-electron chi connectivity index (χ3n) is 9.73. The normalized spacial score (nSPS) is 48.2. The maximum atomic E-state index is 12.6. The smallest absolute Gasteiger partial charge is 0.139 e. The van der Waals surface area contributed by atoms with Crippen molar-refractivity contribution < 1.29 is 14.3 Å². The molecule has 5 fully saturated rings. The second kappa shape index (κ2) is 7.23. The van der Waals surface area contributed by atoms with Crippen molar-refractivity contribution in [3.05, 3.63) is 11.6 Å². The van der Waals surface area contributed by atoms with E-state index in [1.165, 1.54) is 38.5 Å². The minimum Gasteiger partial charge on any atom is -0.381 e. The fourth-order valence-electron chi connectivity index (χ4n) is 7.68. The first-order valence-electron chi connectivity index (χ1n) is 11.9. The van der Waals surface area contributed by atoms with E-state index in [0.29, 0.717) is 29.1 Å². The molecule has 3 aliphatic carbocycles. The van der Waals surface area contributed by atoms with Crippen molar-refractivity contribution in [3.8, 4) is 0 Å². The summed E-state index contributed by atoms with van der Waals surface area (Å²) in [6, 6.07) is 0. The highest BCUT2D eigenvalue weighted by atomic mass is 16.5. The summed E-state index contributed by atoms with van der Waals surface area (Å²) in [4.78, 5) is 12.6. The van der Waals surface area contributed by atoms with E-state index in [0.717, 1.165) is 57.3 Å². The molecule has 5 aliphatic rings. The van der Waals surface area contributed by atoms with E-state index in [9.17, 15) is 4.79 Å². The molecular weight excluding hydrogens is 348 g/mol. The van der Waals surface area contributed by atoms with E-state index in [1.807, 2.05) is 0 Å². The fourth-order valence-corrected chi connectivity index (χ4v) is 7.68. The second-order valence-corrected chi connectivity index (χ2v) is 11.0. The Morgan fingerprint density at radius 1 is 1.04 bits per heavy atom. The van der Waals surface area contributed by atoms with Crippen LogP contribution in [0.5, 0.6) is 0 Å². The number of ether oxygens (including phenoxy) is 2. The molecule has 5 rings (SSSR count). The van der Waals surface area contributed by atoms with Crippen LogP contribution in [-0.2, 0) is 14.3 Å². The van der Waals surface area contributed by atoms with Crippen LogP contribution in [0.1, 0.15) is 78.1 Å². The lowest BCUT2D eigenvalue weighted by Gasteiger charge is -2.59. The van der Waals surface area contributed by atoms with Gasteiger partial charge in [0.1, 0.15) is 5.78 Å². The Kier molecular flexibility index (Phi) is 4.99. The van der Waals surface area contributed by atoms with Crippen LogP contribution in [0.15, 0.2) is 11.6 Å². The largest absolute Gasteiger partial charge is 0.381 e. The number of fused-ring (bicyclic) bond motifs is 5. The molecule has 6 atom stereocenters. The molecule has 0 bridgehead atoms. The maximum absolute atomic E-state index is 12.6. The van der Waals surface area contributed by atoms with E-state index in [4.69, 9.17) is 9.47 Å². The average molecular weight is 387 g/mol. The molecule has 3 saturated carbocycles. The summed E-state index contributed by atoms with van der Waals surface area (Å²) < 4.78 is 12.1. The summed E-state index contributed by atoms with van der Waals surface area (Å²) in [5.74, 6) is 3.29. The fraction of sp³-hybridized carbons (Fsp3) is 0.880. The lowest BCUT2D eigenvalue weighted by atomic mass is 9.50. The Labute approximate surface area is 170 Å². The summed E-state index contributed by atoms with van der Waals surface area (Å²) in [6.07, 6.45) is 14.6. The zero-order valence-electron chi connectivity index (χ0n) is 17.9. The van der Waals surface area contributed by atoms with Crippen LogP contribution < -0.4 is 0 Å². The van der Waals surface area contributed by atoms with Crippen molar-refractivity contribution >= 4 is 5.78 Å². The standard InChI is InChI=1S/C25H38O3/c1-24-12-8-21-19(20(24)5-6-22(24)26)16-28-23-15-18(7-11-25(21,23)2)4-3-17-9-13-27-14-10-17/h4,17,19-21,23H,3,5-16H2,1-2H3/b18-4-/t19?,20?,21?,23?,24-,25+/m0/s1. The SMILES string of the molecule is C[C@]12CC/C(=C/CC3CCOCC3)CC1OCC1C2CC[C@]2(C)C(=O)CCC12. The first-order valence-corrected chi connectivity index (χ1v) is 11.9. The Bertz CT molecular complexity index is 648. The van der Waals surface area contributed by atoms with Crippen LogP contribution in [-0.4, -0.2) is 31.7 Å². The Hall–Kier alpha value is -0.670. The molecule has 3 nitrogen and oxygen atoms in total. The molecule has 2 heterocycles. The van der Waals surface area contributed by atoms with Gasteiger partial charge in [0.2, 0.25) is 0 Å². The first kappa shape index (κ1) is 19.3. The summed E-state index contributed by atoms with van der Waals surface area (Å²) in [7, 11) is 0. The highest BCUT2D eigenvalue weighted by Gasteiger charge is 2.60. The minimum absolute atomic E-state index is 0.0445. The van der Waals surface area contributed by atoms with Crippen molar-refractivity contribution in [2.45, 2.75) is 84.2 Å². The van der Waals surface area contributed by atoms with E-state index in [-0.39, 0.29) is 5.41 Å². The van der Waals surface area contributed by atoms with Crippen molar-refractivity contribution in [1.29, 1.82) is 0 Å². The monoisotopic (exact) mass is 386 g/mol. The van der Waals surface area contributed by atoms with Crippen LogP contribution in [0.2, 0.25) is 0 Å². The molecule has 0 aromatic carbocycles. The van der Waals surface area contributed by atoms with Crippen LogP contribution in [0.3, 0.4) is 0 Å². The highest BCUT2D eigenvalue weighted by molar-refractivity contribution is 5.87. The molecule has 28 heavy (non-hydrogen) atoms. The van der Waals surface area contributed by atoms with Gasteiger partial charge in [-0.15, -0.1) is 0 Å². The molecule has 0 radical (unpaired) electrons. The average Bonchev–Trinajstić information content (AvgIpc) is 3.02. The van der Waals surface area contributed by atoms with Gasteiger partial charge in [-0.1, -0.05) is 25.5 Å². The predicted octanol–water partition coefficient (Wildman–Crippen LogP) is 5.33. The molecule has 0 spiro atoms. The van der Waals surface area contributed by atoms with Gasteiger partial charge in [-0.25, -0.2) is 0 Å². The van der Waals surface area contributed by atoms with E-state index < -0.39 is 0 Å². The Balaban J connectivity index is 1.28. The molecule has 3 heteroatoms. The number of allylic oxidation sites excluding steroid dienone is 1. The van der Waals surface area contributed by atoms with E-state index >= 15 is 0 Å². The molecule has 0 aromatic heterocycles. The van der Waals surface area contributed by atoms with Crippen LogP contribution in [0.25, 0.3) is 0 Å². The number of hydrogen-bond donors (Lipinski definition) is 0. The number of carbonyl (C=O) groups excluding carboxylic acids is 1. The van der Waals surface area contributed by atoms with Gasteiger partial charge in [0.25, 0.3) is 0 Å². The molecule has 4 unspecified atom stereocenters. The number of rotatable bonds is 2. The molecule has 0 amide bonds. The van der Waals surface area contributed by atoms with Crippen molar-refractivity contribution in [2.75, 3.05) is 19.8 Å². The third-order valence-corrected chi connectivity index (χ3v) is 9.73. The molecule has 0 N–H and O–H groups in total. The van der Waals surface area contributed by atoms with Gasteiger partial charge in [0, 0.05) is 25.0 Å². The molecule has 0 aromatic rings. The second-order valence-electron chi connectivity index (χ2n) is 11.0. The van der Waals surface area contributed by atoms with Crippen molar-refractivity contribution in [1.82, 2.24) is 0 Å². The number of hydrogen-bond acceptors (Lipinski definition) is 3. The van der Waals surface area contributed by atoms with Crippen LogP contribution in [0.4, 0.5) is 0 Å². The quantitative estimate of drug-likeness (QED) is 0.602. The molecule has 2 aliphatic heterocycles. The van der Waals surface area contributed by atoms with Gasteiger partial charge in [-0.3, -0.25) is 4.79 Å². The Morgan fingerprint density at radius 3 is 2.68 bits per heavy atom. The minimum atomic E-state index is -0.0445. The molecular formula is C25H38O3. The van der Waals surface area contributed by atoms with Crippen molar-refractivity contribution in [2.24, 2.45) is 34.5 Å². The maximum Gasteiger partial charge on any atom is 0.139 e. The lowest BCUT2D eigenvalue weighted by molar-refractivity contribution is -0.191. The highest BCUT2D eigenvalue weighted by Crippen LogP contribution is 2.62. The van der Waals surface area contributed by atoms with Gasteiger partial charge < -0.3 is 9.47 Å². The van der Waals surface area contributed by atoms with Gasteiger partial charge in [-0.05, 0) is 86.9 Å². The summed E-state index contributed by atoms with van der Waals surface area (Å²) in [5.41, 5.74) is 1.91. The molecule has 2 saturated heterocycles.